The van der Waals surface area contributed by atoms with E-state index >= 15 is 0 Å². The zero-order chi connectivity index (χ0) is 10.3. The number of hydrogen-bond acceptors (Lipinski definition) is 3. The molecule has 5 nitrogen and oxygen atoms in total. The minimum atomic E-state index is 0.917. The Labute approximate surface area is 88.3 Å². The van der Waals surface area contributed by atoms with E-state index < -0.39 is 0 Å². The molecule has 3 N–H and O–H groups in total. The van der Waals surface area contributed by atoms with Crippen LogP contribution in [0.15, 0.2) is 24.8 Å². The molecule has 15 heavy (non-hydrogen) atoms. The van der Waals surface area contributed by atoms with E-state index in [1.807, 2.05) is 12.4 Å². The molecule has 0 aromatic carbocycles. The number of nitrogens with one attached hydrogen (secondary N) is 3. The van der Waals surface area contributed by atoms with Crippen molar-refractivity contribution in [1.29, 1.82) is 0 Å². The molecule has 5 heteroatoms. The van der Waals surface area contributed by atoms with Gasteiger partial charge in [-0.2, -0.15) is 5.10 Å². The molecule has 2 heterocycles. The summed E-state index contributed by atoms with van der Waals surface area (Å²) >= 11 is 0. The van der Waals surface area contributed by atoms with Crippen molar-refractivity contribution in [3.63, 3.8) is 0 Å². The number of hydrogen-bond donors (Lipinski definition) is 3. The standard InChI is InChI=1S/C10H15N5/c1(2-10-13-8-14-15-10)4-11-6-9-3-5-12-7-9/h3,5,7-8,11-12H,1-2,4,6H2,(H,13,14,15). The number of aryl methyl sites for hydroxylation is 1. The van der Waals surface area contributed by atoms with Crippen molar-refractivity contribution in [3.8, 4) is 0 Å². The summed E-state index contributed by atoms with van der Waals surface area (Å²) in [4.78, 5) is 7.09. The minimum absolute atomic E-state index is 0.917. The first-order valence-corrected chi connectivity index (χ1v) is 5.12. The molecular weight excluding hydrogens is 190 g/mol. The van der Waals surface area contributed by atoms with Gasteiger partial charge in [0.05, 0.1) is 0 Å². The summed E-state index contributed by atoms with van der Waals surface area (Å²) in [5.74, 6) is 0.957. The topological polar surface area (TPSA) is 69.4 Å². The Kier molecular flexibility index (Phi) is 3.51. The molecule has 0 radical (unpaired) electrons. The third kappa shape index (κ3) is 3.21. The van der Waals surface area contributed by atoms with E-state index in [9.17, 15) is 0 Å². The zero-order valence-corrected chi connectivity index (χ0v) is 8.53. The lowest BCUT2D eigenvalue weighted by atomic mass is 10.3. The van der Waals surface area contributed by atoms with Gasteiger partial charge in [-0.15, -0.1) is 0 Å². The molecule has 0 aliphatic carbocycles. The first kappa shape index (κ1) is 9.92. The molecule has 0 fully saturated rings. The maximum Gasteiger partial charge on any atom is 0.137 e. The second-order valence-electron chi connectivity index (χ2n) is 3.43. The fourth-order valence-electron chi connectivity index (χ4n) is 1.43. The highest BCUT2D eigenvalue weighted by molar-refractivity contribution is 5.07. The van der Waals surface area contributed by atoms with Crippen LogP contribution in [-0.2, 0) is 13.0 Å². The smallest absolute Gasteiger partial charge is 0.137 e. The second-order valence-corrected chi connectivity index (χ2v) is 3.43. The molecule has 0 unspecified atom stereocenters. The highest BCUT2D eigenvalue weighted by atomic mass is 15.2. The van der Waals surface area contributed by atoms with Crippen LogP contribution in [0.25, 0.3) is 0 Å². The largest absolute Gasteiger partial charge is 0.367 e. The molecule has 0 aliphatic rings. The maximum atomic E-state index is 4.06. The molecule has 0 saturated heterocycles. The first-order valence-electron chi connectivity index (χ1n) is 5.12. The summed E-state index contributed by atoms with van der Waals surface area (Å²) in [6.45, 7) is 1.91. The Morgan fingerprint density at radius 1 is 1.40 bits per heavy atom. The predicted molar refractivity (Wildman–Crippen MR) is 57.2 cm³/mol. The summed E-state index contributed by atoms with van der Waals surface area (Å²) < 4.78 is 0. The summed E-state index contributed by atoms with van der Waals surface area (Å²) in [6.07, 6.45) is 7.50. The van der Waals surface area contributed by atoms with Gasteiger partial charge >= 0.3 is 0 Å². The third-order valence-corrected chi connectivity index (χ3v) is 2.22. The highest BCUT2D eigenvalue weighted by Crippen LogP contribution is 1.96. The van der Waals surface area contributed by atoms with Crippen LogP contribution in [-0.4, -0.2) is 26.7 Å². The lowest BCUT2D eigenvalue weighted by Gasteiger charge is -2.01. The Hall–Kier alpha value is -1.62. The SMILES string of the molecule is c1n[nH]c(CCCNCc2cc[nH]c2)n1. The van der Waals surface area contributed by atoms with Crippen molar-refractivity contribution in [2.24, 2.45) is 0 Å². The number of rotatable bonds is 6. The van der Waals surface area contributed by atoms with Gasteiger partial charge < -0.3 is 10.3 Å². The van der Waals surface area contributed by atoms with E-state index in [4.69, 9.17) is 0 Å². The number of nitrogens with zero attached hydrogens (tertiary/aromatic N) is 2. The third-order valence-electron chi connectivity index (χ3n) is 2.22. The molecule has 0 spiro atoms. The second kappa shape index (κ2) is 5.31. The Morgan fingerprint density at radius 3 is 3.13 bits per heavy atom. The average molecular weight is 205 g/mol. The van der Waals surface area contributed by atoms with Crippen molar-refractivity contribution >= 4 is 0 Å². The fourth-order valence-corrected chi connectivity index (χ4v) is 1.43. The van der Waals surface area contributed by atoms with Gasteiger partial charge in [0.2, 0.25) is 0 Å². The monoisotopic (exact) mass is 205 g/mol. The summed E-state index contributed by atoms with van der Waals surface area (Å²) in [7, 11) is 0. The van der Waals surface area contributed by atoms with Crippen LogP contribution in [0.2, 0.25) is 0 Å². The molecule has 0 atom stereocenters. The van der Waals surface area contributed by atoms with Crippen LogP contribution < -0.4 is 5.32 Å². The summed E-state index contributed by atoms with van der Waals surface area (Å²) in [5.41, 5.74) is 1.29. The molecule has 0 bridgehead atoms. The van der Waals surface area contributed by atoms with E-state index in [1.165, 1.54) is 5.56 Å². The van der Waals surface area contributed by atoms with Crippen LogP contribution in [0.4, 0.5) is 0 Å². The van der Waals surface area contributed by atoms with Gasteiger partial charge in [-0.3, -0.25) is 5.10 Å². The normalized spacial score (nSPS) is 10.7. The van der Waals surface area contributed by atoms with Crippen LogP contribution >= 0.6 is 0 Å². The molecule has 0 amide bonds. The molecule has 80 valence electrons. The Balaban J connectivity index is 1.56. The highest BCUT2D eigenvalue weighted by Gasteiger charge is 1.95. The van der Waals surface area contributed by atoms with E-state index in [0.29, 0.717) is 0 Å². The van der Waals surface area contributed by atoms with E-state index in [0.717, 1.165) is 31.8 Å². The van der Waals surface area contributed by atoms with Gasteiger partial charge in [0.1, 0.15) is 12.2 Å². The van der Waals surface area contributed by atoms with Gasteiger partial charge in [-0.1, -0.05) is 0 Å². The van der Waals surface area contributed by atoms with Crippen LogP contribution in [0.5, 0.6) is 0 Å². The van der Waals surface area contributed by atoms with Crippen molar-refractivity contribution in [1.82, 2.24) is 25.5 Å². The molecular formula is C10H15N5. The quantitative estimate of drug-likeness (QED) is 0.612. The summed E-state index contributed by atoms with van der Waals surface area (Å²) in [5, 5.41) is 10.0. The van der Waals surface area contributed by atoms with Crippen molar-refractivity contribution in [3.05, 3.63) is 36.2 Å². The zero-order valence-electron chi connectivity index (χ0n) is 8.53. The van der Waals surface area contributed by atoms with Gasteiger partial charge in [-0.25, -0.2) is 4.98 Å². The lowest BCUT2D eigenvalue weighted by Crippen LogP contribution is -2.15. The van der Waals surface area contributed by atoms with Gasteiger partial charge in [0.25, 0.3) is 0 Å². The van der Waals surface area contributed by atoms with Crippen molar-refractivity contribution < 1.29 is 0 Å². The van der Waals surface area contributed by atoms with E-state index in [-0.39, 0.29) is 0 Å². The molecule has 0 saturated carbocycles. The van der Waals surface area contributed by atoms with E-state index in [1.54, 1.807) is 6.33 Å². The van der Waals surface area contributed by atoms with Crippen LogP contribution in [0, 0.1) is 0 Å². The molecule has 0 aliphatic heterocycles. The van der Waals surface area contributed by atoms with Crippen LogP contribution in [0.1, 0.15) is 17.8 Å². The predicted octanol–water partition coefficient (Wildman–Crippen LogP) is 0.855. The maximum absolute atomic E-state index is 4.06. The van der Waals surface area contributed by atoms with Crippen molar-refractivity contribution in [2.75, 3.05) is 6.54 Å². The lowest BCUT2D eigenvalue weighted by molar-refractivity contribution is 0.640. The Morgan fingerprint density at radius 2 is 2.40 bits per heavy atom. The fraction of sp³-hybridized carbons (Fsp3) is 0.400. The number of H-pyrrole nitrogens is 2. The van der Waals surface area contributed by atoms with Crippen molar-refractivity contribution in [2.45, 2.75) is 19.4 Å². The van der Waals surface area contributed by atoms with Crippen LogP contribution in [0.3, 0.4) is 0 Å². The molecule has 2 rings (SSSR count). The molecule has 2 aromatic heterocycles. The van der Waals surface area contributed by atoms with Gasteiger partial charge in [0, 0.05) is 25.4 Å². The van der Waals surface area contributed by atoms with E-state index in [2.05, 4.69) is 31.5 Å². The molecule has 2 aromatic rings. The minimum Gasteiger partial charge on any atom is -0.367 e. The Bertz CT molecular complexity index is 315. The number of aromatic nitrogens is 4. The average Bonchev–Trinajstić information content (AvgIpc) is 2.88. The number of aromatic amines is 2. The summed E-state index contributed by atoms with van der Waals surface area (Å²) in [6, 6.07) is 2.07. The van der Waals surface area contributed by atoms with Gasteiger partial charge in [0.15, 0.2) is 0 Å². The van der Waals surface area contributed by atoms with Gasteiger partial charge in [-0.05, 0) is 24.6 Å². The first-order chi connectivity index (χ1) is 7.45.